The number of hydrogen-bond donors (Lipinski definition) is 3. The molecule has 0 amide bonds. The summed E-state index contributed by atoms with van der Waals surface area (Å²) in [4.78, 5) is 10.2. The molecule has 0 saturated carbocycles. The molecule has 1 rings (SSSR count). The van der Waals surface area contributed by atoms with Crippen LogP contribution in [0.5, 0.6) is 0 Å². The molecule has 0 radical (unpaired) electrons. The van der Waals surface area contributed by atoms with Crippen LogP contribution in [0.2, 0.25) is 0 Å². The maximum atomic E-state index is 12.4. The first-order valence-electron chi connectivity index (χ1n) is 7.67. The van der Waals surface area contributed by atoms with E-state index in [0.29, 0.717) is 6.42 Å². The summed E-state index contributed by atoms with van der Waals surface area (Å²) in [7, 11) is -2.85. The molecule has 132 valence electrons. The molecule has 0 aromatic heterocycles. The summed E-state index contributed by atoms with van der Waals surface area (Å²) in [6, 6.07) is -1.06. The van der Waals surface area contributed by atoms with E-state index in [-0.39, 0.29) is 23.3 Å². The number of aliphatic carboxylic acids is 1. The van der Waals surface area contributed by atoms with E-state index in [9.17, 15) is 9.00 Å². The predicted octanol–water partition coefficient (Wildman–Crippen LogP) is 3.14. The van der Waals surface area contributed by atoms with Crippen LogP contribution in [0.1, 0.15) is 40.0 Å². The first-order chi connectivity index (χ1) is 10.4. The molecule has 5 nitrogen and oxygen atoms in total. The lowest BCUT2D eigenvalue weighted by molar-refractivity contribution is -0.138. The lowest BCUT2D eigenvalue weighted by Crippen LogP contribution is -2.34. The van der Waals surface area contributed by atoms with Crippen molar-refractivity contribution < 1.29 is 14.1 Å². The van der Waals surface area contributed by atoms with Crippen LogP contribution in [0.4, 0.5) is 0 Å². The number of carbonyl (C=O) groups is 1. The van der Waals surface area contributed by atoms with Crippen LogP contribution in [0.25, 0.3) is 0 Å². The second-order valence-electron chi connectivity index (χ2n) is 7.00. The van der Waals surface area contributed by atoms with Crippen molar-refractivity contribution in [2.24, 2.45) is 11.1 Å². The summed E-state index contributed by atoms with van der Waals surface area (Å²) in [5, 5.41) is 8.76. The summed E-state index contributed by atoms with van der Waals surface area (Å²) in [5.41, 5.74) is 6.21. The Kier molecular flexibility index (Phi) is 6.47. The summed E-state index contributed by atoms with van der Waals surface area (Å²) in [5.74, 6) is -0.911. The number of carboxylic acid groups (broad SMARTS) is 1. The van der Waals surface area contributed by atoms with Gasteiger partial charge in [-0.3, -0.25) is 9.57 Å². The smallest absolute Gasteiger partial charge is 0.320 e. The Labute approximate surface area is 143 Å². The Morgan fingerprint density at radius 2 is 2.17 bits per heavy atom. The number of allylic oxidation sites excluding steroid dienone is 4. The summed E-state index contributed by atoms with van der Waals surface area (Å²) in [6.45, 7) is 6.05. The maximum Gasteiger partial charge on any atom is 0.320 e. The number of rotatable bonds is 8. The van der Waals surface area contributed by atoms with Crippen molar-refractivity contribution in [1.82, 2.24) is 0 Å². The fourth-order valence-corrected chi connectivity index (χ4v) is 4.85. The highest BCUT2D eigenvalue weighted by Gasteiger charge is 2.37. The van der Waals surface area contributed by atoms with E-state index in [1.807, 2.05) is 39.0 Å². The molecule has 1 aliphatic carbocycles. The predicted molar refractivity (Wildman–Crippen MR) is 95.3 cm³/mol. The number of hydrogen-bond acceptors (Lipinski definition) is 4. The molecular weight excluding hydrogens is 336 g/mol. The zero-order valence-corrected chi connectivity index (χ0v) is 15.5. The van der Waals surface area contributed by atoms with Crippen LogP contribution < -0.4 is 5.73 Å². The van der Waals surface area contributed by atoms with Gasteiger partial charge in [0.2, 0.25) is 0 Å². The molecule has 0 bridgehead atoms. The summed E-state index contributed by atoms with van der Waals surface area (Å²) >= 11 is 6.59. The first-order valence-corrected chi connectivity index (χ1v) is 9.94. The van der Waals surface area contributed by atoms with Gasteiger partial charge in [-0.1, -0.05) is 32.1 Å². The number of alkyl halides is 1. The molecule has 3 atom stereocenters. The van der Waals surface area contributed by atoms with Crippen molar-refractivity contribution >= 4 is 27.3 Å². The average molecular weight is 363 g/mol. The highest BCUT2D eigenvalue weighted by atomic mass is 35.5. The van der Waals surface area contributed by atoms with Gasteiger partial charge in [0, 0.05) is 21.2 Å². The van der Waals surface area contributed by atoms with Crippen molar-refractivity contribution in [2.75, 3.05) is 11.5 Å². The molecule has 0 aromatic rings. The van der Waals surface area contributed by atoms with Gasteiger partial charge in [0.15, 0.2) is 0 Å². The van der Waals surface area contributed by atoms with Gasteiger partial charge in [-0.2, -0.15) is 0 Å². The maximum absolute atomic E-state index is 12.4. The van der Waals surface area contributed by atoms with E-state index >= 15 is 0 Å². The van der Waals surface area contributed by atoms with Gasteiger partial charge in [-0.25, -0.2) is 4.21 Å². The Morgan fingerprint density at radius 3 is 2.70 bits per heavy atom. The van der Waals surface area contributed by atoms with Gasteiger partial charge in [-0.05, 0) is 37.2 Å². The summed E-state index contributed by atoms with van der Waals surface area (Å²) in [6.07, 6.45) is 7.35. The third-order valence-corrected chi connectivity index (χ3v) is 6.44. The lowest BCUT2D eigenvalue weighted by atomic mass is 9.73. The fraction of sp³-hybridized carbons (Fsp3) is 0.688. The molecule has 0 fully saturated rings. The minimum atomic E-state index is -2.85. The van der Waals surface area contributed by atoms with Gasteiger partial charge in [0.05, 0.1) is 4.87 Å². The average Bonchev–Trinajstić information content (AvgIpc) is 2.42. The van der Waals surface area contributed by atoms with Gasteiger partial charge < -0.3 is 10.8 Å². The van der Waals surface area contributed by atoms with Crippen LogP contribution in [-0.2, 0) is 14.5 Å². The van der Waals surface area contributed by atoms with Crippen LogP contribution in [0, 0.1) is 10.2 Å². The highest BCUT2D eigenvalue weighted by molar-refractivity contribution is 7.92. The zero-order valence-electron chi connectivity index (χ0n) is 14.0. The molecule has 23 heavy (non-hydrogen) atoms. The van der Waals surface area contributed by atoms with Crippen LogP contribution >= 0.6 is 11.6 Å². The van der Waals surface area contributed by atoms with Crippen molar-refractivity contribution in [3.8, 4) is 0 Å². The van der Waals surface area contributed by atoms with Crippen molar-refractivity contribution in [3.05, 3.63) is 23.8 Å². The Bertz CT molecular complexity index is 607. The van der Waals surface area contributed by atoms with Crippen molar-refractivity contribution in [1.29, 1.82) is 4.78 Å². The standard InChI is InChI=1S/C16H27ClN2O3S/c1-15(2,13-6-4-5-8-16(13,3)17)9-11-23(19,22)10-7-12(18)14(20)21/h4-6,12,19H,7-11,18H2,1-3H3,(H,20,21)/t12-,16?,23?/m0/s1. The minimum Gasteiger partial charge on any atom is -0.480 e. The van der Waals surface area contributed by atoms with Gasteiger partial charge in [-0.15, -0.1) is 11.6 Å². The van der Waals surface area contributed by atoms with Crippen LogP contribution in [-0.4, -0.2) is 37.7 Å². The number of halogens is 1. The lowest BCUT2D eigenvalue weighted by Gasteiger charge is -2.38. The summed E-state index contributed by atoms with van der Waals surface area (Å²) < 4.78 is 20.3. The highest BCUT2D eigenvalue weighted by Crippen LogP contribution is 2.44. The third-order valence-electron chi connectivity index (χ3n) is 4.32. The molecule has 0 aromatic carbocycles. The first kappa shape index (κ1) is 20.2. The third kappa shape index (κ3) is 5.94. The van der Waals surface area contributed by atoms with E-state index in [2.05, 4.69) is 0 Å². The number of carboxylic acids is 1. The van der Waals surface area contributed by atoms with Gasteiger partial charge in [0.1, 0.15) is 6.04 Å². The molecule has 0 heterocycles. The largest absolute Gasteiger partial charge is 0.480 e. The number of nitrogens with one attached hydrogen (secondary N) is 1. The second-order valence-corrected chi connectivity index (χ2v) is 10.3. The minimum absolute atomic E-state index is 0.00758. The SMILES string of the molecule is CC(C)(CCS(=N)(=O)CC[C@H](N)C(=O)O)C1=CC=CCC1(C)Cl. The molecule has 0 aliphatic heterocycles. The molecular formula is C16H27ClN2O3S. The zero-order chi connectivity index (χ0) is 17.9. The van der Waals surface area contributed by atoms with Crippen molar-refractivity contribution in [3.63, 3.8) is 0 Å². The van der Waals surface area contributed by atoms with Crippen LogP contribution in [0.15, 0.2) is 23.8 Å². The second kappa shape index (κ2) is 7.36. The molecule has 4 N–H and O–H groups in total. The molecule has 7 heteroatoms. The molecule has 0 saturated heterocycles. The van der Waals surface area contributed by atoms with E-state index in [1.165, 1.54) is 0 Å². The van der Waals surface area contributed by atoms with Gasteiger partial charge >= 0.3 is 5.97 Å². The number of nitrogens with two attached hydrogens (primary N) is 1. The fourth-order valence-electron chi connectivity index (χ4n) is 2.77. The monoisotopic (exact) mass is 362 g/mol. The van der Waals surface area contributed by atoms with E-state index in [4.69, 9.17) is 27.2 Å². The Hall–Kier alpha value is -0.850. The molecule has 1 aliphatic rings. The van der Waals surface area contributed by atoms with Crippen LogP contribution in [0.3, 0.4) is 0 Å². The quantitative estimate of drug-likeness (QED) is 0.577. The molecule has 0 spiro atoms. The normalized spacial score (nSPS) is 25.5. The topological polar surface area (TPSA) is 104 Å². The Balaban J connectivity index is 2.70. The molecule has 2 unspecified atom stereocenters. The van der Waals surface area contributed by atoms with Crippen molar-refractivity contribution in [2.45, 2.75) is 50.9 Å². The Morgan fingerprint density at radius 1 is 1.57 bits per heavy atom. The van der Waals surface area contributed by atoms with Gasteiger partial charge in [0.25, 0.3) is 0 Å². The van der Waals surface area contributed by atoms with E-state index in [0.717, 1.165) is 12.0 Å². The van der Waals surface area contributed by atoms with E-state index < -0.39 is 26.6 Å². The van der Waals surface area contributed by atoms with E-state index in [1.54, 1.807) is 0 Å².